The summed E-state index contributed by atoms with van der Waals surface area (Å²) in [7, 11) is 0. The summed E-state index contributed by atoms with van der Waals surface area (Å²) in [4.78, 5) is 25.4. The third kappa shape index (κ3) is 48.8. The van der Waals surface area contributed by atoms with Crippen molar-refractivity contribution >= 4 is 11.9 Å². The van der Waals surface area contributed by atoms with Crippen LogP contribution in [0.5, 0.6) is 0 Å². The van der Waals surface area contributed by atoms with Gasteiger partial charge in [0.05, 0.1) is 6.61 Å². The highest BCUT2D eigenvalue weighted by atomic mass is 16.6. The number of rotatable bonds is 49. The molecule has 1 unspecified atom stereocenters. The van der Waals surface area contributed by atoms with Crippen LogP contribution >= 0.6 is 0 Å². The lowest BCUT2D eigenvalue weighted by Gasteiger charge is -2.18. The topological polar surface area (TPSA) is 61.8 Å². The van der Waals surface area contributed by atoms with Crippen LogP contribution in [-0.2, 0) is 23.8 Å². The van der Waals surface area contributed by atoms with E-state index in [1.54, 1.807) is 0 Å². The van der Waals surface area contributed by atoms with Gasteiger partial charge in [0.1, 0.15) is 6.61 Å². The highest BCUT2D eigenvalue weighted by molar-refractivity contribution is 5.70. The van der Waals surface area contributed by atoms with Gasteiger partial charge in [-0.2, -0.15) is 0 Å². The zero-order chi connectivity index (χ0) is 43.5. The molecule has 0 aliphatic heterocycles. The second-order valence-corrected chi connectivity index (χ2v) is 17.8. The molecule has 1 atom stereocenters. The Morgan fingerprint density at radius 1 is 0.367 bits per heavy atom. The van der Waals surface area contributed by atoms with Crippen LogP contribution in [0, 0.1) is 0 Å². The van der Waals surface area contributed by atoms with Crippen molar-refractivity contribution in [2.24, 2.45) is 0 Å². The number of hydrogen-bond donors (Lipinski definition) is 0. The molecule has 0 aromatic carbocycles. The number of carbonyl (C=O) groups is 2. The molecule has 352 valence electrons. The molecule has 0 aliphatic carbocycles. The van der Waals surface area contributed by atoms with Gasteiger partial charge in [0.15, 0.2) is 6.10 Å². The molecule has 0 aromatic rings. The first kappa shape index (κ1) is 58.1. The first-order chi connectivity index (χ1) is 29.6. The minimum absolute atomic E-state index is 0.0820. The van der Waals surface area contributed by atoms with Gasteiger partial charge in [0.25, 0.3) is 0 Å². The molecule has 0 rings (SSSR count). The summed E-state index contributed by atoms with van der Waals surface area (Å²) in [5, 5.41) is 0. The Morgan fingerprint density at radius 3 is 1.18 bits per heavy atom. The molecule has 0 saturated carbocycles. The van der Waals surface area contributed by atoms with Gasteiger partial charge in [0.2, 0.25) is 0 Å². The lowest BCUT2D eigenvalue weighted by molar-refractivity contribution is -0.163. The largest absolute Gasteiger partial charge is 0.462 e. The van der Waals surface area contributed by atoms with Crippen molar-refractivity contribution < 1.29 is 23.8 Å². The first-order valence-corrected chi connectivity index (χ1v) is 26.5. The summed E-state index contributed by atoms with van der Waals surface area (Å²) < 4.78 is 17.4. The minimum atomic E-state index is -0.541. The van der Waals surface area contributed by atoms with Crippen LogP contribution < -0.4 is 0 Å². The molecule has 0 aliphatic rings. The molecule has 0 spiro atoms. The molecule has 0 fully saturated rings. The van der Waals surface area contributed by atoms with Gasteiger partial charge in [-0.05, 0) is 70.6 Å². The van der Waals surface area contributed by atoms with Crippen LogP contribution in [0.3, 0.4) is 0 Å². The van der Waals surface area contributed by atoms with Gasteiger partial charge in [-0.25, -0.2) is 0 Å². The Balaban J connectivity index is 4.25. The van der Waals surface area contributed by atoms with Gasteiger partial charge in [-0.15, -0.1) is 0 Å². The Bertz CT molecular complexity index is 955. The Kier molecular flexibility index (Phi) is 49.9. The highest BCUT2D eigenvalue weighted by Gasteiger charge is 2.17. The van der Waals surface area contributed by atoms with Crippen LogP contribution in [0.25, 0.3) is 0 Å². The number of carbonyl (C=O) groups excluding carboxylic acids is 2. The van der Waals surface area contributed by atoms with E-state index in [-0.39, 0.29) is 25.2 Å². The molecule has 0 radical (unpaired) electrons. The van der Waals surface area contributed by atoms with E-state index in [4.69, 9.17) is 14.2 Å². The maximum Gasteiger partial charge on any atom is 0.306 e. The fourth-order valence-corrected chi connectivity index (χ4v) is 7.66. The lowest BCUT2D eigenvalue weighted by atomic mass is 10.0. The molecular weight excluding hydrogens is 741 g/mol. The zero-order valence-corrected chi connectivity index (χ0v) is 40.5. The molecule has 0 amide bonds. The Morgan fingerprint density at radius 2 is 0.733 bits per heavy atom. The Labute approximate surface area is 374 Å². The van der Waals surface area contributed by atoms with Crippen LogP contribution in [0.2, 0.25) is 0 Å². The molecule has 0 heterocycles. The average Bonchev–Trinajstić information content (AvgIpc) is 3.25. The number of allylic oxidation sites excluding steroid dienone is 6. The van der Waals surface area contributed by atoms with E-state index in [9.17, 15) is 9.59 Å². The van der Waals surface area contributed by atoms with Crippen LogP contribution in [0.1, 0.15) is 278 Å². The number of esters is 2. The second kappa shape index (κ2) is 51.5. The number of hydrogen-bond acceptors (Lipinski definition) is 5. The van der Waals surface area contributed by atoms with E-state index in [2.05, 4.69) is 57.2 Å². The Hall–Kier alpha value is -1.88. The van der Waals surface area contributed by atoms with Gasteiger partial charge in [-0.3, -0.25) is 9.59 Å². The monoisotopic (exact) mass is 843 g/mol. The van der Waals surface area contributed by atoms with Crippen molar-refractivity contribution in [3.63, 3.8) is 0 Å². The number of ether oxygens (including phenoxy) is 3. The average molecular weight is 843 g/mol. The van der Waals surface area contributed by atoms with Crippen molar-refractivity contribution in [2.75, 3.05) is 19.8 Å². The molecular formula is C55H102O5. The molecule has 0 bridgehead atoms. The second-order valence-electron chi connectivity index (χ2n) is 17.8. The normalized spacial score (nSPS) is 12.4. The third-order valence-electron chi connectivity index (χ3n) is 11.6. The van der Waals surface area contributed by atoms with Gasteiger partial charge in [0, 0.05) is 19.4 Å². The van der Waals surface area contributed by atoms with Crippen LogP contribution in [0.15, 0.2) is 36.5 Å². The van der Waals surface area contributed by atoms with Crippen molar-refractivity contribution in [1.82, 2.24) is 0 Å². The zero-order valence-electron chi connectivity index (χ0n) is 40.5. The molecule has 0 aromatic heterocycles. The van der Waals surface area contributed by atoms with E-state index in [1.165, 1.54) is 186 Å². The molecule has 0 N–H and O–H groups in total. The summed E-state index contributed by atoms with van der Waals surface area (Å²) in [5.74, 6) is -0.403. The SMILES string of the molecule is CCC/C=C\C/C=C\CCCCCCCC(=O)OC(COCCCCCCCC/C=C\CCCCCCCC)COC(=O)CCCCCCCCCCCCCCCCC. The molecule has 60 heavy (non-hydrogen) atoms. The first-order valence-electron chi connectivity index (χ1n) is 26.5. The summed E-state index contributed by atoms with van der Waals surface area (Å²) in [5.41, 5.74) is 0. The summed E-state index contributed by atoms with van der Waals surface area (Å²) >= 11 is 0. The van der Waals surface area contributed by atoms with Gasteiger partial charge in [-0.1, -0.05) is 231 Å². The maximum absolute atomic E-state index is 12.8. The maximum atomic E-state index is 12.8. The van der Waals surface area contributed by atoms with Gasteiger partial charge < -0.3 is 14.2 Å². The molecule has 5 nitrogen and oxygen atoms in total. The summed E-state index contributed by atoms with van der Waals surface area (Å²) in [6, 6.07) is 0. The van der Waals surface area contributed by atoms with E-state index < -0.39 is 6.10 Å². The standard InChI is InChI=1S/C55H102O5/c1-4-7-10-13-16-19-22-25-27-29-32-35-38-41-44-47-50-58-51-53(60-55(57)49-46-43-40-37-34-30-24-21-18-15-12-9-6-3)52-59-54(56)48-45-42-39-36-33-31-28-26-23-20-17-14-11-8-5-2/h12,15,21,24-25,27,53H,4-11,13-14,16-20,22-23,26,28-52H2,1-3H3/b15-12-,24-21-,27-25-. The summed E-state index contributed by atoms with van der Waals surface area (Å²) in [6.07, 6.45) is 61.5. The molecule has 0 saturated heterocycles. The lowest BCUT2D eigenvalue weighted by Crippen LogP contribution is -2.30. The quantitative estimate of drug-likeness (QED) is 0.0347. The molecule has 5 heteroatoms. The smallest absolute Gasteiger partial charge is 0.306 e. The van der Waals surface area contributed by atoms with Crippen molar-refractivity contribution in [3.8, 4) is 0 Å². The predicted octanol–water partition coefficient (Wildman–Crippen LogP) is 17.8. The predicted molar refractivity (Wildman–Crippen MR) is 261 cm³/mol. The van der Waals surface area contributed by atoms with Crippen molar-refractivity contribution in [2.45, 2.75) is 284 Å². The minimum Gasteiger partial charge on any atom is -0.462 e. The third-order valence-corrected chi connectivity index (χ3v) is 11.6. The van der Waals surface area contributed by atoms with Crippen LogP contribution in [-0.4, -0.2) is 37.9 Å². The van der Waals surface area contributed by atoms with E-state index in [1.807, 2.05) is 0 Å². The van der Waals surface area contributed by atoms with Crippen molar-refractivity contribution in [3.05, 3.63) is 36.5 Å². The van der Waals surface area contributed by atoms with E-state index >= 15 is 0 Å². The van der Waals surface area contributed by atoms with Crippen molar-refractivity contribution in [1.29, 1.82) is 0 Å². The summed E-state index contributed by atoms with van der Waals surface area (Å²) in [6.45, 7) is 7.78. The van der Waals surface area contributed by atoms with Crippen LogP contribution in [0.4, 0.5) is 0 Å². The van der Waals surface area contributed by atoms with Gasteiger partial charge >= 0.3 is 11.9 Å². The highest BCUT2D eigenvalue weighted by Crippen LogP contribution is 2.15. The fourth-order valence-electron chi connectivity index (χ4n) is 7.66. The van der Waals surface area contributed by atoms with E-state index in [0.29, 0.717) is 19.4 Å². The number of unbranched alkanes of at least 4 members (excludes halogenated alkanes) is 32. The fraction of sp³-hybridized carbons (Fsp3) is 0.855. The van der Waals surface area contributed by atoms with E-state index in [0.717, 1.165) is 57.8 Å².